The van der Waals surface area contributed by atoms with Crippen LogP contribution in [-0.4, -0.2) is 30.2 Å². The van der Waals surface area contributed by atoms with E-state index in [-0.39, 0.29) is 23.8 Å². The third-order valence-corrected chi connectivity index (χ3v) is 4.71. The van der Waals surface area contributed by atoms with Crippen molar-refractivity contribution in [1.29, 1.82) is 0 Å². The number of rotatable bonds is 4. The number of hydrogen-bond acceptors (Lipinski definition) is 3. The molecule has 4 atom stereocenters. The van der Waals surface area contributed by atoms with Gasteiger partial charge in [0.05, 0.1) is 6.10 Å². The first-order valence-corrected chi connectivity index (χ1v) is 7.38. The fraction of sp³-hybridized carbons (Fsp3) is 0.929. The fourth-order valence-electron chi connectivity index (χ4n) is 3.45. The van der Waals surface area contributed by atoms with Crippen LogP contribution in [0.1, 0.15) is 44.9 Å². The van der Waals surface area contributed by atoms with Crippen molar-refractivity contribution in [3.8, 4) is 0 Å². The van der Waals surface area contributed by atoms with Gasteiger partial charge in [-0.2, -0.15) is 0 Å². The van der Waals surface area contributed by atoms with E-state index in [0.717, 1.165) is 38.5 Å². The minimum absolute atomic E-state index is 0.107. The van der Waals surface area contributed by atoms with Crippen molar-refractivity contribution in [3.05, 3.63) is 0 Å². The Kier molecular flexibility index (Phi) is 5.01. The van der Waals surface area contributed by atoms with Gasteiger partial charge in [0.2, 0.25) is 5.91 Å². The number of aliphatic hydroxyl groups is 1. The highest BCUT2D eigenvalue weighted by Crippen LogP contribution is 2.31. The number of nitrogens with two attached hydrogens (primary N) is 1. The van der Waals surface area contributed by atoms with Gasteiger partial charge in [-0.05, 0) is 38.1 Å². The molecule has 0 heterocycles. The lowest BCUT2D eigenvalue weighted by Gasteiger charge is -2.28. The number of carbonyl (C=O) groups is 1. The highest BCUT2D eigenvalue weighted by Gasteiger charge is 2.32. The molecule has 4 nitrogen and oxygen atoms in total. The average molecular weight is 254 g/mol. The Morgan fingerprint density at radius 3 is 2.56 bits per heavy atom. The summed E-state index contributed by atoms with van der Waals surface area (Å²) >= 11 is 0. The molecule has 0 radical (unpaired) electrons. The summed E-state index contributed by atoms with van der Waals surface area (Å²) in [5.74, 6) is 0.873. The molecule has 18 heavy (non-hydrogen) atoms. The number of aliphatic hydroxyl groups excluding tert-OH is 1. The molecule has 0 aromatic rings. The van der Waals surface area contributed by atoms with Crippen LogP contribution in [0.15, 0.2) is 0 Å². The van der Waals surface area contributed by atoms with Gasteiger partial charge in [0.1, 0.15) is 0 Å². The summed E-state index contributed by atoms with van der Waals surface area (Å²) in [6, 6.07) is 0. The van der Waals surface area contributed by atoms with Crippen molar-refractivity contribution >= 4 is 5.91 Å². The second-order valence-corrected chi connectivity index (χ2v) is 5.89. The van der Waals surface area contributed by atoms with Gasteiger partial charge in [-0.3, -0.25) is 4.79 Å². The molecule has 2 saturated carbocycles. The van der Waals surface area contributed by atoms with E-state index in [1.165, 1.54) is 6.42 Å². The van der Waals surface area contributed by atoms with Crippen LogP contribution in [0.4, 0.5) is 0 Å². The molecule has 2 fully saturated rings. The van der Waals surface area contributed by atoms with E-state index in [0.29, 0.717) is 19.0 Å². The van der Waals surface area contributed by atoms with Crippen LogP contribution >= 0.6 is 0 Å². The minimum atomic E-state index is -0.229. The van der Waals surface area contributed by atoms with Crippen molar-refractivity contribution in [2.75, 3.05) is 13.1 Å². The van der Waals surface area contributed by atoms with Crippen molar-refractivity contribution in [2.45, 2.75) is 51.0 Å². The molecule has 2 aliphatic rings. The van der Waals surface area contributed by atoms with E-state index in [2.05, 4.69) is 5.32 Å². The quantitative estimate of drug-likeness (QED) is 0.701. The van der Waals surface area contributed by atoms with Crippen LogP contribution < -0.4 is 11.1 Å². The van der Waals surface area contributed by atoms with Crippen molar-refractivity contribution in [2.24, 2.45) is 23.5 Å². The van der Waals surface area contributed by atoms with Gasteiger partial charge in [-0.25, -0.2) is 0 Å². The maximum Gasteiger partial charge on any atom is 0.223 e. The number of amides is 1. The lowest BCUT2D eigenvalue weighted by atomic mass is 9.86. The van der Waals surface area contributed by atoms with Gasteiger partial charge in [-0.1, -0.05) is 19.3 Å². The fourth-order valence-corrected chi connectivity index (χ4v) is 3.45. The second-order valence-electron chi connectivity index (χ2n) is 5.89. The number of carbonyl (C=O) groups excluding carboxylic acids is 1. The van der Waals surface area contributed by atoms with Gasteiger partial charge < -0.3 is 16.2 Å². The molecular formula is C14H26N2O2. The van der Waals surface area contributed by atoms with E-state index in [9.17, 15) is 9.90 Å². The summed E-state index contributed by atoms with van der Waals surface area (Å²) in [4.78, 5) is 12.1. The standard InChI is InChI=1S/C14H26N2O2/c15-8-10-5-3-6-12(10)14(18)16-9-11-4-1-2-7-13(11)17/h10-13,17H,1-9,15H2,(H,16,18)/t10-,11?,12-,13?/m1/s1. The summed E-state index contributed by atoms with van der Waals surface area (Å²) in [6.07, 6.45) is 7.15. The number of nitrogens with one attached hydrogen (secondary N) is 1. The summed E-state index contributed by atoms with van der Waals surface area (Å²) in [5.41, 5.74) is 5.70. The maximum absolute atomic E-state index is 12.1. The largest absolute Gasteiger partial charge is 0.393 e. The van der Waals surface area contributed by atoms with Crippen LogP contribution in [0.5, 0.6) is 0 Å². The van der Waals surface area contributed by atoms with Crippen molar-refractivity contribution in [1.82, 2.24) is 5.32 Å². The summed E-state index contributed by atoms with van der Waals surface area (Å²) in [5, 5.41) is 12.9. The first-order valence-electron chi connectivity index (χ1n) is 7.38. The summed E-state index contributed by atoms with van der Waals surface area (Å²) in [6.45, 7) is 1.25. The molecule has 0 aromatic carbocycles. The Hall–Kier alpha value is -0.610. The zero-order chi connectivity index (χ0) is 13.0. The Labute approximate surface area is 109 Å². The van der Waals surface area contributed by atoms with Crippen LogP contribution in [0.2, 0.25) is 0 Å². The Balaban J connectivity index is 1.77. The predicted octanol–water partition coefficient (Wildman–Crippen LogP) is 1.03. The molecule has 2 aliphatic carbocycles. The molecule has 4 N–H and O–H groups in total. The van der Waals surface area contributed by atoms with Crippen LogP contribution in [0, 0.1) is 17.8 Å². The Morgan fingerprint density at radius 2 is 1.83 bits per heavy atom. The molecule has 0 bridgehead atoms. The molecule has 104 valence electrons. The summed E-state index contributed by atoms with van der Waals surface area (Å²) < 4.78 is 0. The molecule has 1 amide bonds. The van der Waals surface area contributed by atoms with Gasteiger partial charge in [0.15, 0.2) is 0 Å². The monoisotopic (exact) mass is 254 g/mol. The van der Waals surface area contributed by atoms with E-state index in [4.69, 9.17) is 5.73 Å². The smallest absolute Gasteiger partial charge is 0.223 e. The lowest BCUT2D eigenvalue weighted by Crippen LogP contribution is -2.41. The van der Waals surface area contributed by atoms with E-state index in [1.54, 1.807) is 0 Å². The molecule has 0 aliphatic heterocycles. The first-order chi connectivity index (χ1) is 8.72. The van der Waals surface area contributed by atoms with Crippen molar-refractivity contribution < 1.29 is 9.90 Å². The number of hydrogen-bond donors (Lipinski definition) is 3. The topological polar surface area (TPSA) is 75.4 Å². The average Bonchev–Trinajstić information content (AvgIpc) is 2.86. The van der Waals surface area contributed by atoms with Gasteiger partial charge in [0, 0.05) is 18.4 Å². The molecule has 2 unspecified atom stereocenters. The zero-order valence-electron chi connectivity index (χ0n) is 11.1. The lowest BCUT2D eigenvalue weighted by molar-refractivity contribution is -0.126. The molecule has 0 saturated heterocycles. The van der Waals surface area contributed by atoms with E-state index < -0.39 is 0 Å². The van der Waals surface area contributed by atoms with Crippen LogP contribution in [-0.2, 0) is 4.79 Å². The molecule has 2 rings (SSSR count). The Morgan fingerprint density at radius 1 is 1.11 bits per heavy atom. The zero-order valence-corrected chi connectivity index (χ0v) is 11.1. The molecule has 4 heteroatoms. The van der Waals surface area contributed by atoms with Gasteiger partial charge >= 0.3 is 0 Å². The highest BCUT2D eigenvalue weighted by molar-refractivity contribution is 5.79. The SMILES string of the molecule is NC[C@H]1CCC[C@H]1C(=O)NCC1CCCCC1O. The Bertz CT molecular complexity index is 283. The normalized spacial score (nSPS) is 36.6. The predicted molar refractivity (Wildman–Crippen MR) is 70.9 cm³/mol. The van der Waals surface area contributed by atoms with Gasteiger partial charge in [-0.15, -0.1) is 0 Å². The third-order valence-electron chi connectivity index (χ3n) is 4.71. The molecule has 0 spiro atoms. The summed E-state index contributed by atoms with van der Waals surface area (Å²) in [7, 11) is 0. The third kappa shape index (κ3) is 3.23. The maximum atomic E-state index is 12.1. The van der Waals surface area contributed by atoms with Crippen LogP contribution in [0.25, 0.3) is 0 Å². The van der Waals surface area contributed by atoms with Crippen LogP contribution in [0.3, 0.4) is 0 Å². The highest BCUT2D eigenvalue weighted by atomic mass is 16.3. The van der Waals surface area contributed by atoms with Gasteiger partial charge in [0.25, 0.3) is 0 Å². The molecule has 0 aromatic heterocycles. The molecular weight excluding hydrogens is 228 g/mol. The first kappa shape index (κ1) is 13.8. The van der Waals surface area contributed by atoms with Crippen molar-refractivity contribution in [3.63, 3.8) is 0 Å². The van der Waals surface area contributed by atoms with E-state index in [1.807, 2.05) is 0 Å². The second kappa shape index (κ2) is 6.53. The minimum Gasteiger partial charge on any atom is -0.393 e. The van der Waals surface area contributed by atoms with E-state index >= 15 is 0 Å².